The van der Waals surface area contributed by atoms with Gasteiger partial charge in [0.15, 0.2) is 0 Å². The van der Waals surface area contributed by atoms with Crippen LogP contribution in [-0.4, -0.2) is 11.2 Å². The van der Waals surface area contributed by atoms with Gasteiger partial charge in [-0.1, -0.05) is 106 Å². The Labute approximate surface area is 232 Å². The molecule has 1 unspecified atom stereocenters. The molecule has 206 valence electrons. The fourth-order valence-corrected chi connectivity index (χ4v) is 3.86. The molecular weight excluding hydrogens is 493 g/mol. The highest BCUT2D eigenvalue weighted by atomic mass is 19.4. The number of hydrogen-bond acceptors (Lipinski definition) is 1. The number of aliphatic hydroxyl groups excluding tert-OH is 1. The topological polar surface area (TPSA) is 20.2 Å². The molecule has 2 aliphatic carbocycles. The van der Waals surface area contributed by atoms with Gasteiger partial charge in [0.2, 0.25) is 0 Å². The lowest BCUT2D eigenvalue weighted by molar-refractivity contribution is -0.137. The molecule has 0 heterocycles. The summed E-state index contributed by atoms with van der Waals surface area (Å²) in [5.41, 5.74) is 6.50. The van der Waals surface area contributed by atoms with Crippen LogP contribution >= 0.6 is 0 Å². The Morgan fingerprint density at radius 3 is 2.00 bits per heavy atom. The summed E-state index contributed by atoms with van der Waals surface area (Å²) in [6, 6.07) is 25.1. The summed E-state index contributed by atoms with van der Waals surface area (Å²) in [4.78, 5) is 0. The van der Waals surface area contributed by atoms with Crippen LogP contribution in [0, 0.1) is 11.8 Å². The van der Waals surface area contributed by atoms with E-state index in [4.69, 9.17) is 5.11 Å². The number of benzene rings is 3. The second-order valence-electron chi connectivity index (χ2n) is 9.03. The Kier molecular flexibility index (Phi) is 13.3. The molecule has 3 aromatic rings. The number of aliphatic hydroxyl groups is 1. The number of halogens is 3. The molecule has 1 N–H and O–H groups in total. The highest BCUT2D eigenvalue weighted by molar-refractivity contribution is 5.89. The lowest BCUT2D eigenvalue weighted by atomic mass is 9.99. The zero-order valence-electron chi connectivity index (χ0n) is 23.4. The van der Waals surface area contributed by atoms with Gasteiger partial charge >= 0.3 is 6.18 Å². The smallest absolute Gasteiger partial charge is 0.393 e. The molecular formula is C35H39F3O. The van der Waals surface area contributed by atoms with Crippen molar-refractivity contribution >= 4 is 11.1 Å². The summed E-state index contributed by atoms with van der Waals surface area (Å²) < 4.78 is 37.3. The first-order valence-corrected chi connectivity index (χ1v) is 13.6. The highest BCUT2D eigenvalue weighted by Gasteiger charge is 2.30. The zero-order chi connectivity index (χ0) is 28.7. The van der Waals surface area contributed by atoms with Crippen molar-refractivity contribution in [3.8, 4) is 11.8 Å². The van der Waals surface area contributed by atoms with Crippen LogP contribution in [-0.2, 0) is 19.0 Å². The maximum Gasteiger partial charge on any atom is 0.416 e. The second-order valence-corrected chi connectivity index (χ2v) is 9.03. The molecule has 4 heteroatoms. The molecule has 39 heavy (non-hydrogen) atoms. The maximum absolute atomic E-state index is 12.4. The van der Waals surface area contributed by atoms with Crippen LogP contribution in [0.3, 0.4) is 0 Å². The van der Waals surface area contributed by atoms with E-state index in [1.807, 2.05) is 20.8 Å². The van der Waals surface area contributed by atoms with Crippen molar-refractivity contribution in [2.24, 2.45) is 0 Å². The van der Waals surface area contributed by atoms with E-state index in [-0.39, 0.29) is 6.10 Å². The third-order valence-corrected chi connectivity index (χ3v) is 6.17. The van der Waals surface area contributed by atoms with Gasteiger partial charge in [-0.15, -0.1) is 5.92 Å². The molecule has 0 bridgehead atoms. The number of allylic oxidation sites excluding steroid dienone is 4. The van der Waals surface area contributed by atoms with Crippen LogP contribution < -0.4 is 0 Å². The minimum Gasteiger partial charge on any atom is -0.393 e. The Balaban J connectivity index is 0.000000223. The monoisotopic (exact) mass is 532 g/mol. The van der Waals surface area contributed by atoms with E-state index >= 15 is 0 Å². The third-order valence-electron chi connectivity index (χ3n) is 6.17. The van der Waals surface area contributed by atoms with E-state index in [1.54, 1.807) is 6.92 Å². The van der Waals surface area contributed by atoms with Crippen molar-refractivity contribution in [2.75, 3.05) is 0 Å². The minimum absolute atomic E-state index is 0.116. The van der Waals surface area contributed by atoms with Crippen molar-refractivity contribution in [1.29, 1.82) is 0 Å². The van der Waals surface area contributed by atoms with Crippen LogP contribution in [0.2, 0.25) is 0 Å². The van der Waals surface area contributed by atoms with Crippen molar-refractivity contribution in [1.82, 2.24) is 0 Å². The first-order chi connectivity index (χ1) is 18.8. The largest absolute Gasteiger partial charge is 0.416 e. The molecule has 0 aliphatic heterocycles. The number of rotatable bonds is 3. The quantitative estimate of drug-likeness (QED) is 0.333. The molecule has 0 saturated heterocycles. The molecule has 2 aliphatic rings. The normalized spacial score (nSPS) is 14.1. The summed E-state index contributed by atoms with van der Waals surface area (Å²) in [5.74, 6) is 5.85. The zero-order valence-corrected chi connectivity index (χ0v) is 23.4. The maximum atomic E-state index is 12.4. The first kappa shape index (κ1) is 31.7. The van der Waals surface area contributed by atoms with Crippen LogP contribution in [0.5, 0.6) is 0 Å². The van der Waals surface area contributed by atoms with Gasteiger partial charge in [-0.25, -0.2) is 0 Å². The average Bonchev–Trinajstić information content (AvgIpc) is 3.34. The van der Waals surface area contributed by atoms with Gasteiger partial charge in [0.05, 0.1) is 11.7 Å². The van der Waals surface area contributed by atoms with Gasteiger partial charge in [0.1, 0.15) is 0 Å². The summed E-state index contributed by atoms with van der Waals surface area (Å²) in [6.07, 6.45) is 3.96. The van der Waals surface area contributed by atoms with Crippen molar-refractivity contribution in [2.45, 2.75) is 72.1 Å². The summed E-state index contributed by atoms with van der Waals surface area (Å²) >= 11 is 0. The molecule has 1 atom stereocenters. The van der Waals surface area contributed by atoms with Crippen LogP contribution in [0.1, 0.15) is 74.8 Å². The molecule has 0 amide bonds. The SMILES string of the molecule is C1=C(c2ccccc2)C=C(c2ccccc2)C1.CC.CCC(C)O.FC(F)(F)c1ccc2c(c1)CCC#CC2. The van der Waals surface area contributed by atoms with Crippen molar-refractivity contribution in [3.05, 3.63) is 119 Å². The predicted molar refractivity (Wildman–Crippen MR) is 158 cm³/mol. The molecule has 0 fully saturated rings. The molecule has 3 aromatic carbocycles. The first-order valence-electron chi connectivity index (χ1n) is 13.6. The molecule has 0 spiro atoms. The number of alkyl halides is 3. The Hall–Kier alpha value is -3.55. The van der Waals surface area contributed by atoms with Crippen LogP contribution in [0.15, 0.2) is 91.0 Å². The highest BCUT2D eigenvalue weighted by Crippen LogP contribution is 2.32. The third kappa shape index (κ3) is 10.6. The summed E-state index contributed by atoms with van der Waals surface area (Å²) in [6.45, 7) is 7.73. The van der Waals surface area contributed by atoms with Crippen LogP contribution in [0.4, 0.5) is 13.2 Å². The van der Waals surface area contributed by atoms with Crippen molar-refractivity contribution < 1.29 is 18.3 Å². The minimum atomic E-state index is -4.25. The predicted octanol–water partition coefficient (Wildman–Crippen LogP) is 9.56. The van der Waals surface area contributed by atoms with Gasteiger partial charge < -0.3 is 5.11 Å². The Bertz CT molecular complexity index is 1260. The van der Waals surface area contributed by atoms with E-state index in [0.29, 0.717) is 19.3 Å². The van der Waals surface area contributed by atoms with E-state index in [0.717, 1.165) is 30.0 Å². The molecule has 0 radical (unpaired) electrons. The molecule has 5 rings (SSSR count). The number of aryl methyl sites for hydroxylation is 1. The van der Waals surface area contributed by atoms with Gasteiger partial charge in [0.25, 0.3) is 0 Å². The fourth-order valence-electron chi connectivity index (χ4n) is 3.86. The lowest BCUT2D eigenvalue weighted by Gasteiger charge is -2.10. The summed E-state index contributed by atoms with van der Waals surface area (Å²) in [5, 5.41) is 8.36. The van der Waals surface area contributed by atoms with E-state index in [2.05, 4.69) is 84.7 Å². The fraction of sp³-hybridized carbons (Fsp3) is 0.314. The van der Waals surface area contributed by atoms with E-state index in [1.165, 1.54) is 34.4 Å². The number of hydrogen-bond donors (Lipinski definition) is 1. The molecule has 0 saturated carbocycles. The van der Waals surface area contributed by atoms with Gasteiger partial charge in [-0.3, -0.25) is 0 Å². The Morgan fingerprint density at radius 1 is 0.846 bits per heavy atom. The summed E-state index contributed by atoms with van der Waals surface area (Å²) in [7, 11) is 0. The number of fused-ring (bicyclic) bond motifs is 1. The van der Waals surface area contributed by atoms with Gasteiger partial charge in [0, 0.05) is 12.8 Å². The Morgan fingerprint density at radius 2 is 1.44 bits per heavy atom. The van der Waals surface area contributed by atoms with E-state index in [9.17, 15) is 13.2 Å². The van der Waals surface area contributed by atoms with E-state index < -0.39 is 11.7 Å². The second kappa shape index (κ2) is 16.4. The lowest BCUT2D eigenvalue weighted by Crippen LogP contribution is -2.06. The van der Waals surface area contributed by atoms with Crippen molar-refractivity contribution in [3.63, 3.8) is 0 Å². The molecule has 1 nitrogen and oxygen atoms in total. The average molecular weight is 533 g/mol. The van der Waals surface area contributed by atoms with Crippen LogP contribution in [0.25, 0.3) is 11.1 Å². The van der Waals surface area contributed by atoms with Gasteiger partial charge in [-0.2, -0.15) is 13.2 Å². The van der Waals surface area contributed by atoms with Gasteiger partial charge in [-0.05, 0) is 71.7 Å². The standard InChI is InChI=1S/C17H14.C12H9F3.C4H10O.C2H6/c1-3-7-14(8-4-1)16-11-12-17(13-16)15-9-5-2-6-10-15;13-12(14,15)11-7-6-9-4-2-1-3-5-10(9)8-11;1-3-4(2)5;1-2/h1-11,13H,12H2;6-8H,3-5H2;4-5H,3H2,1-2H3;1-2H3. The molecule has 0 aromatic heterocycles.